The highest BCUT2D eigenvalue weighted by Gasteiger charge is 2.29. The van der Waals surface area contributed by atoms with Gasteiger partial charge >= 0.3 is 11.8 Å². The normalized spacial score (nSPS) is 18.2. The third kappa shape index (κ3) is 2.22. The maximum absolute atomic E-state index is 11.0. The maximum atomic E-state index is 11.0. The number of amides is 2. The predicted molar refractivity (Wildman–Crippen MR) is 44.4 cm³/mol. The molecule has 1 aliphatic carbocycles. The van der Waals surface area contributed by atoms with E-state index in [0.29, 0.717) is 5.92 Å². The van der Waals surface area contributed by atoms with Gasteiger partial charge in [-0.05, 0) is 25.7 Å². The quantitative estimate of drug-likeness (QED) is 0.556. The van der Waals surface area contributed by atoms with Crippen LogP contribution in [0.25, 0.3) is 0 Å². The minimum atomic E-state index is -0.567. The van der Waals surface area contributed by atoms with Crippen LogP contribution < -0.4 is 10.6 Å². The molecule has 1 fully saturated rings. The molecule has 1 aliphatic rings. The molecule has 0 aromatic rings. The van der Waals surface area contributed by atoms with E-state index in [0.717, 1.165) is 12.8 Å². The van der Waals surface area contributed by atoms with Gasteiger partial charge in [-0.1, -0.05) is 0 Å². The lowest BCUT2D eigenvalue weighted by Gasteiger charge is -2.10. The van der Waals surface area contributed by atoms with E-state index < -0.39 is 11.8 Å². The van der Waals surface area contributed by atoms with Gasteiger partial charge in [-0.25, -0.2) is 0 Å². The number of nitrogens with one attached hydrogen (secondary N) is 2. The molecule has 4 heteroatoms. The number of hydrogen-bond donors (Lipinski definition) is 2. The fourth-order valence-electron chi connectivity index (χ4n) is 1.10. The Balaban J connectivity index is 2.29. The zero-order valence-corrected chi connectivity index (χ0v) is 7.39. The second kappa shape index (κ2) is 3.56. The van der Waals surface area contributed by atoms with Crippen molar-refractivity contribution in [1.82, 2.24) is 10.6 Å². The maximum Gasteiger partial charge on any atom is 0.309 e. The van der Waals surface area contributed by atoms with Crippen molar-refractivity contribution in [3.8, 4) is 0 Å². The van der Waals surface area contributed by atoms with Gasteiger partial charge in [-0.2, -0.15) is 0 Å². The lowest BCUT2D eigenvalue weighted by Crippen LogP contribution is -2.43. The van der Waals surface area contributed by atoms with E-state index in [1.807, 2.05) is 6.92 Å². The van der Waals surface area contributed by atoms with Crippen molar-refractivity contribution < 1.29 is 9.59 Å². The monoisotopic (exact) mass is 170 g/mol. The predicted octanol–water partition coefficient (Wildman–Crippen LogP) is -0.353. The second-order valence-electron chi connectivity index (χ2n) is 3.18. The summed E-state index contributed by atoms with van der Waals surface area (Å²) in [5.41, 5.74) is 0. The van der Waals surface area contributed by atoms with Crippen molar-refractivity contribution in [3.05, 3.63) is 0 Å². The van der Waals surface area contributed by atoms with E-state index in [4.69, 9.17) is 0 Å². The minimum Gasteiger partial charge on any atom is -0.351 e. The van der Waals surface area contributed by atoms with Crippen LogP contribution in [0.3, 0.4) is 0 Å². The van der Waals surface area contributed by atoms with Crippen LogP contribution in [-0.4, -0.2) is 24.9 Å². The summed E-state index contributed by atoms with van der Waals surface area (Å²) in [7, 11) is 1.45. The van der Waals surface area contributed by atoms with E-state index in [1.54, 1.807) is 0 Å². The highest BCUT2D eigenvalue weighted by molar-refractivity contribution is 6.35. The van der Waals surface area contributed by atoms with Crippen LogP contribution in [0.15, 0.2) is 0 Å². The van der Waals surface area contributed by atoms with E-state index in [9.17, 15) is 9.59 Å². The summed E-state index contributed by atoms with van der Waals surface area (Å²) in [5.74, 6) is -0.516. The number of rotatable bonds is 2. The first kappa shape index (κ1) is 9.03. The SMILES string of the molecule is CNC(=O)C(=O)NC(C)C1CC1. The standard InChI is InChI=1S/C8H14N2O2/c1-5(6-3-4-6)10-8(12)7(11)9-2/h5-6H,3-4H2,1-2H3,(H,9,11)(H,10,12). The molecular formula is C8H14N2O2. The van der Waals surface area contributed by atoms with Crippen molar-refractivity contribution in [1.29, 1.82) is 0 Å². The summed E-state index contributed by atoms with van der Waals surface area (Å²) >= 11 is 0. The molecular weight excluding hydrogens is 156 g/mol. The number of likely N-dealkylation sites (N-methyl/N-ethyl adjacent to an activating group) is 1. The Morgan fingerprint density at radius 2 is 1.92 bits per heavy atom. The first-order valence-electron chi connectivity index (χ1n) is 4.17. The van der Waals surface area contributed by atoms with E-state index in [1.165, 1.54) is 7.05 Å². The molecule has 0 aromatic heterocycles. The summed E-state index contributed by atoms with van der Waals surface area (Å²) in [4.78, 5) is 21.8. The molecule has 2 N–H and O–H groups in total. The van der Waals surface area contributed by atoms with Gasteiger partial charge in [0.15, 0.2) is 0 Å². The fraction of sp³-hybridized carbons (Fsp3) is 0.750. The van der Waals surface area contributed by atoms with Crippen LogP contribution in [-0.2, 0) is 9.59 Å². The third-order valence-electron chi connectivity index (χ3n) is 2.12. The van der Waals surface area contributed by atoms with Crippen LogP contribution in [0, 0.1) is 5.92 Å². The third-order valence-corrected chi connectivity index (χ3v) is 2.12. The Bertz CT molecular complexity index is 199. The minimum absolute atomic E-state index is 0.134. The van der Waals surface area contributed by atoms with Gasteiger partial charge in [0.05, 0.1) is 0 Å². The molecule has 68 valence electrons. The van der Waals surface area contributed by atoms with Crippen molar-refractivity contribution in [2.45, 2.75) is 25.8 Å². The molecule has 1 atom stereocenters. The molecule has 0 aliphatic heterocycles. The molecule has 0 radical (unpaired) electrons. The summed E-state index contributed by atoms with van der Waals surface area (Å²) in [5, 5.41) is 4.92. The van der Waals surface area contributed by atoms with E-state index in [-0.39, 0.29) is 6.04 Å². The molecule has 0 heterocycles. The van der Waals surface area contributed by atoms with Crippen molar-refractivity contribution in [2.75, 3.05) is 7.05 Å². The van der Waals surface area contributed by atoms with E-state index in [2.05, 4.69) is 10.6 Å². The molecule has 1 saturated carbocycles. The van der Waals surface area contributed by atoms with Crippen molar-refractivity contribution in [3.63, 3.8) is 0 Å². The van der Waals surface area contributed by atoms with Crippen molar-refractivity contribution >= 4 is 11.8 Å². The smallest absolute Gasteiger partial charge is 0.309 e. The topological polar surface area (TPSA) is 58.2 Å². The summed E-state index contributed by atoms with van der Waals surface area (Å²) in [6, 6.07) is 0.134. The Kier molecular flexibility index (Phi) is 2.68. The Hall–Kier alpha value is -1.06. The molecule has 0 bridgehead atoms. The molecule has 4 nitrogen and oxygen atoms in total. The van der Waals surface area contributed by atoms with Crippen LogP contribution in [0.1, 0.15) is 19.8 Å². The molecule has 12 heavy (non-hydrogen) atoms. The number of hydrogen-bond acceptors (Lipinski definition) is 2. The van der Waals surface area contributed by atoms with Gasteiger partial charge in [0, 0.05) is 13.1 Å². The zero-order valence-electron chi connectivity index (χ0n) is 7.39. The first-order valence-corrected chi connectivity index (χ1v) is 4.17. The molecule has 2 amide bonds. The summed E-state index contributed by atoms with van der Waals surface area (Å²) < 4.78 is 0. The van der Waals surface area contributed by atoms with Gasteiger partial charge in [0.1, 0.15) is 0 Å². The molecule has 0 aromatic carbocycles. The van der Waals surface area contributed by atoms with Crippen LogP contribution >= 0.6 is 0 Å². The highest BCUT2D eigenvalue weighted by atomic mass is 16.2. The van der Waals surface area contributed by atoms with Gasteiger partial charge in [0.25, 0.3) is 0 Å². The highest BCUT2D eigenvalue weighted by Crippen LogP contribution is 2.32. The van der Waals surface area contributed by atoms with Crippen LogP contribution in [0.2, 0.25) is 0 Å². The van der Waals surface area contributed by atoms with Gasteiger partial charge < -0.3 is 10.6 Å². The van der Waals surface area contributed by atoms with E-state index >= 15 is 0 Å². The molecule has 0 saturated heterocycles. The number of carbonyl (C=O) groups is 2. The Morgan fingerprint density at radius 1 is 1.33 bits per heavy atom. The largest absolute Gasteiger partial charge is 0.351 e. The fourth-order valence-corrected chi connectivity index (χ4v) is 1.10. The van der Waals surface area contributed by atoms with Crippen LogP contribution in [0.4, 0.5) is 0 Å². The average Bonchev–Trinajstić information content (AvgIpc) is 2.84. The average molecular weight is 170 g/mol. The lowest BCUT2D eigenvalue weighted by molar-refractivity contribution is -0.139. The zero-order chi connectivity index (χ0) is 9.14. The van der Waals surface area contributed by atoms with Crippen molar-refractivity contribution in [2.24, 2.45) is 5.92 Å². The lowest BCUT2D eigenvalue weighted by atomic mass is 10.2. The summed E-state index contributed by atoms with van der Waals surface area (Å²) in [6.07, 6.45) is 2.32. The first-order chi connectivity index (χ1) is 5.65. The Labute approximate surface area is 71.7 Å². The Morgan fingerprint density at radius 3 is 2.33 bits per heavy atom. The molecule has 1 rings (SSSR count). The summed E-state index contributed by atoms with van der Waals surface area (Å²) in [6.45, 7) is 1.93. The molecule has 1 unspecified atom stereocenters. The van der Waals surface area contributed by atoms with Gasteiger partial charge in [-0.15, -0.1) is 0 Å². The van der Waals surface area contributed by atoms with Gasteiger partial charge in [0.2, 0.25) is 0 Å². The van der Waals surface area contributed by atoms with Crippen LogP contribution in [0.5, 0.6) is 0 Å². The molecule has 0 spiro atoms. The van der Waals surface area contributed by atoms with Gasteiger partial charge in [-0.3, -0.25) is 9.59 Å². The number of carbonyl (C=O) groups excluding carboxylic acids is 2. The second-order valence-corrected chi connectivity index (χ2v) is 3.18.